The van der Waals surface area contributed by atoms with Crippen molar-refractivity contribution in [2.45, 2.75) is 18.4 Å². The van der Waals surface area contributed by atoms with Crippen LogP contribution >= 0.6 is 15.9 Å². The molecule has 1 aromatic heterocycles. The van der Waals surface area contributed by atoms with Crippen LogP contribution in [-0.4, -0.2) is 12.3 Å². The van der Waals surface area contributed by atoms with E-state index in [4.69, 9.17) is 5.73 Å². The monoisotopic (exact) mass is 275 g/mol. The molecule has 1 rings (SSSR count). The predicted octanol–water partition coefficient (Wildman–Crippen LogP) is 2.94. The van der Waals surface area contributed by atoms with Gasteiger partial charge in [0.25, 0.3) is 0 Å². The summed E-state index contributed by atoms with van der Waals surface area (Å²) >= 11 is 2.85. The molecule has 0 fully saturated rings. The lowest BCUT2D eigenvalue weighted by Gasteiger charge is -2.20. The van der Waals surface area contributed by atoms with Gasteiger partial charge in [0.1, 0.15) is 11.8 Å². The van der Waals surface area contributed by atoms with E-state index < -0.39 is 18.4 Å². The van der Waals surface area contributed by atoms with Crippen molar-refractivity contribution in [1.29, 1.82) is 0 Å². The maximum atomic E-state index is 12.7. The molecule has 0 aliphatic rings. The molecule has 7 heteroatoms. The maximum absolute atomic E-state index is 12.7. The first kappa shape index (κ1) is 11.5. The molecule has 80 valence electrons. The molecule has 0 aliphatic heterocycles. The molecule has 2 nitrogen and oxygen atoms in total. The van der Waals surface area contributed by atoms with Gasteiger partial charge in [0, 0.05) is 0 Å². The summed E-state index contributed by atoms with van der Waals surface area (Å²) < 4.78 is 53.9. The van der Waals surface area contributed by atoms with Crippen molar-refractivity contribution in [2.75, 3.05) is 0 Å². The van der Waals surface area contributed by atoms with Gasteiger partial charge in [0.05, 0.1) is 0 Å². The van der Waals surface area contributed by atoms with Crippen LogP contribution in [0.4, 0.5) is 17.6 Å². The summed E-state index contributed by atoms with van der Waals surface area (Å²) in [5, 5.41) is 0. The molecular weight excluding hydrogens is 270 g/mol. The quantitative estimate of drug-likeness (QED) is 0.862. The van der Waals surface area contributed by atoms with Crippen LogP contribution in [0, 0.1) is 0 Å². The largest absolute Gasteiger partial charge is 0.452 e. The Morgan fingerprint density at radius 2 is 1.93 bits per heavy atom. The van der Waals surface area contributed by atoms with Crippen molar-refractivity contribution in [1.82, 2.24) is 0 Å². The van der Waals surface area contributed by atoms with Gasteiger partial charge in [0.15, 0.2) is 4.67 Å². The lowest BCUT2D eigenvalue weighted by atomic mass is 10.1. The van der Waals surface area contributed by atoms with Gasteiger partial charge < -0.3 is 10.2 Å². The Morgan fingerprint density at radius 1 is 1.36 bits per heavy atom. The summed E-state index contributed by atoms with van der Waals surface area (Å²) in [6.45, 7) is 0. The Morgan fingerprint density at radius 3 is 2.29 bits per heavy atom. The van der Waals surface area contributed by atoms with Crippen molar-refractivity contribution < 1.29 is 22.0 Å². The molecule has 1 aromatic rings. The van der Waals surface area contributed by atoms with Crippen molar-refractivity contribution in [2.24, 2.45) is 5.73 Å². The fraction of sp³-hybridized carbons (Fsp3) is 0.429. The Kier molecular flexibility index (Phi) is 3.20. The van der Waals surface area contributed by atoms with Crippen LogP contribution in [0.25, 0.3) is 0 Å². The SMILES string of the molecule is NC(c1ccc(Br)o1)C(F)(F)C(F)F. The Labute approximate surface area is 85.2 Å². The van der Waals surface area contributed by atoms with E-state index in [1.807, 2.05) is 0 Å². The zero-order chi connectivity index (χ0) is 10.9. The summed E-state index contributed by atoms with van der Waals surface area (Å²) in [6.07, 6.45) is -3.82. The smallest absolute Gasteiger partial charge is 0.329 e. The fourth-order valence-corrected chi connectivity index (χ4v) is 1.14. The first-order valence-electron chi connectivity index (χ1n) is 3.52. The minimum atomic E-state index is -4.29. The van der Waals surface area contributed by atoms with E-state index in [-0.39, 0.29) is 10.4 Å². The van der Waals surface area contributed by atoms with Crippen molar-refractivity contribution >= 4 is 15.9 Å². The zero-order valence-corrected chi connectivity index (χ0v) is 8.27. The van der Waals surface area contributed by atoms with Crippen LogP contribution in [0.5, 0.6) is 0 Å². The molecule has 0 aromatic carbocycles. The molecular formula is C7H6BrF4NO. The van der Waals surface area contributed by atoms with Crippen LogP contribution in [0.2, 0.25) is 0 Å². The van der Waals surface area contributed by atoms with E-state index in [0.29, 0.717) is 0 Å². The predicted molar refractivity (Wildman–Crippen MR) is 44.3 cm³/mol. The normalized spacial score (nSPS) is 14.8. The van der Waals surface area contributed by atoms with Gasteiger partial charge in [-0.1, -0.05) is 0 Å². The van der Waals surface area contributed by atoms with Crippen LogP contribution < -0.4 is 5.73 Å². The molecule has 1 unspecified atom stereocenters. The Bertz CT molecular complexity index is 314. The molecule has 0 saturated carbocycles. The van der Waals surface area contributed by atoms with Crippen molar-refractivity contribution in [3.63, 3.8) is 0 Å². The van der Waals surface area contributed by atoms with Crippen LogP contribution in [0.1, 0.15) is 11.8 Å². The van der Waals surface area contributed by atoms with E-state index >= 15 is 0 Å². The van der Waals surface area contributed by atoms with Crippen LogP contribution in [0.3, 0.4) is 0 Å². The molecule has 14 heavy (non-hydrogen) atoms. The second-order valence-corrected chi connectivity index (χ2v) is 3.38. The highest BCUT2D eigenvalue weighted by atomic mass is 79.9. The summed E-state index contributed by atoms with van der Waals surface area (Å²) in [5.74, 6) is -4.68. The summed E-state index contributed by atoms with van der Waals surface area (Å²) in [5.41, 5.74) is 4.94. The first-order valence-corrected chi connectivity index (χ1v) is 4.31. The second-order valence-electron chi connectivity index (χ2n) is 2.59. The number of furan rings is 1. The topological polar surface area (TPSA) is 39.2 Å². The average Bonchev–Trinajstić information content (AvgIpc) is 2.50. The molecule has 1 heterocycles. The molecule has 0 amide bonds. The Balaban J connectivity index is 2.89. The summed E-state index contributed by atoms with van der Waals surface area (Å²) in [4.78, 5) is 0. The fourth-order valence-electron chi connectivity index (χ4n) is 0.821. The number of halogens is 5. The summed E-state index contributed by atoms with van der Waals surface area (Å²) in [7, 11) is 0. The number of alkyl halides is 4. The number of hydrogen-bond acceptors (Lipinski definition) is 2. The van der Waals surface area contributed by atoms with E-state index in [9.17, 15) is 17.6 Å². The highest BCUT2D eigenvalue weighted by Gasteiger charge is 2.49. The lowest BCUT2D eigenvalue weighted by Crippen LogP contribution is -2.39. The molecule has 1 atom stereocenters. The van der Waals surface area contributed by atoms with Gasteiger partial charge in [-0.2, -0.15) is 8.78 Å². The zero-order valence-electron chi connectivity index (χ0n) is 6.68. The highest BCUT2D eigenvalue weighted by Crippen LogP contribution is 2.35. The Hall–Kier alpha value is -0.560. The number of nitrogens with two attached hydrogens (primary N) is 1. The van der Waals surface area contributed by atoms with Crippen molar-refractivity contribution in [3.8, 4) is 0 Å². The molecule has 0 saturated heterocycles. The summed E-state index contributed by atoms with van der Waals surface area (Å²) in [6, 6.07) is 0.274. The van der Waals surface area contributed by atoms with E-state index in [1.54, 1.807) is 0 Å². The van der Waals surface area contributed by atoms with E-state index in [0.717, 1.165) is 6.07 Å². The maximum Gasteiger partial charge on any atom is 0.329 e. The first-order chi connectivity index (χ1) is 6.35. The number of rotatable bonds is 3. The molecule has 0 bridgehead atoms. The third-order valence-corrected chi connectivity index (χ3v) is 2.03. The van der Waals surface area contributed by atoms with Crippen LogP contribution in [-0.2, 0) is 0 Å². The number of hydrogen-bond donors (Lipinski definition) is 1. The van der Waals surface area contributed by atoms with Gasteiger partial charge >= 0.3 is 12.3 Å². The minimum Gasteiger partial charge on any atom is -0.452 e. The van der Waals surface area contributed by atoms with Gasteiger partial charge in [-0.3, -0.25) is 0 Å². The lowest BCUT2D eigenvalue weighted by molar-refractivity contribution is -0.147. The van der Waals surface area contributed by atoms with Gasteiger partial charge in [0.2, 0.25) is 0 Å². The third kappa shape index (κ3) is 2.09. The average molecular weight is 276 g/mol. The third-order valence-electron chi connectivity index (χ3n) is 1.61. The second kappa shape index (κ2) is 3.90. The molecule has 0 spiro atoms. The standard InChI is InChI=1S/C7H6BrF4NO/c8-4-2-1-3(14-4)5(13)7(11,12)6(9)10/h1-2,5-6H,13H2. The minimum absolute atomic E-state index is 0.160. The van der Waals surface area contributed by atoms with Crippen LogP contribution in [0.15, 0.2) is 21.2 Å². The van der Waals surface area contributed by atoms with E-state index in [2.05, 4.69) is 20.3 Å². The molecule has 0 aliphatic carbocycles. The molecule has 0 radical (unpaired) electrons. The molecule has 2 N–H and O–H groups in total. The van der Waals surface area contributed by atoms with Gasteiger partial charge in [-0.25, -0.2) is 8.78 Å². The van der Waals surface area contributed by atoms with E-state index in [1.165, 1.54) is 6.07 Å². The van der Waals surface area contributed by atoms with Gasteiger partial charge in [-0.05, 0) is 28.1 Å². The highest BCUT2D eigenvalue weighted by molar-refractivity contribution is 9.10. The van der Waals surface area contributed by atoms with Gasteiger partial charge in [-0.15, -0.1) is 0 Å². The van der Waals surface area contributed by atoms with Crippen molar-refractivity contribution in [3.05, 3.63) is 22.6 Å².